The number of hydrogen-bond donors (Lipinski definition) is 3. The number of nitrogens with one attached hydrogen (secondary N) is 3. The van der Waals surface area contributed by atoms with Crippen LogP contribution < -0.4 is 16.0 Å². The van der Waals surface area contributed by atoms with Gasteiger partial charge in [0.05, 0.1) is 11.7 Å². The number of benzene rings is 1. The average molecular weight is 349 g/mol. The minimum absolute atomic E-state index is 0.0886. The maximum Gasteiger partial charge on any atom is 0.316 e. The van der Waals surface area contributed by atoms with Crippen LogP contribution in [0.2, 0.25) is 0 Å². The third kappa shape index (κ3) is 4.96. The third-order valence-electron chi connectivity index (χ3n) is 3.36. The maximum absolute atomic E-state index is 12.1. The van der Waals surface area contributed by atoms with Crippen LogP contribution in [0.15, 0.2) is 30.3 Å². The predicted molar refractivity (Wildman–Crippen MR) is 87.7 cm³/mol. The van der Waals surface area contributed by atoms with Crippen LogP contribution in [0.4, 0.5) is 9.18 Å². The minimum Gasteiger partial charge on any atom is -0.352 e. The fourth-order valence-corrected chi connectivity index (χ4v) is 2.11. The highest BCUT2D eigenvalue weighted by molar-refractivity contribution is 5.86. The number of para-hydroxylation sites is 1. The summed E-state index contributed by atoms with van der Waals surface area (Å²) in [5, 5.41) is 19.0. The zero-order valence-electron chi connectivity index (χ0n) is 13.9. The lowest BCUT2D eigenvalue weighted by Gasteiger charge is -2.17. The molecule has 0 radical (unpaired) electrons. The molecule has 1 aromatic heterocycles. The molecule has 3 N–H and O–H groups in total. The second-order valence-electron chi connectivity index (χ2n) is 5.33. The molecule has 3 amide bonds. The molecule has 0 aliphatic carbocycles. The number of amides is 3. The predicted octanol–water partition coefficient (Wildman–Crippen LogP) is 0.497. The molecule has 134 valence electrons. The van der Waals surface area contributed by atoms with Gasteiger partial charge in [-0.2, -0.15) is 4.68 Å². The Hall–Kier alpha value is -3.04. The van der Waals surface area contributed by atoms with Crippen LogP contribution in [-0.4, -0.2) is 51.4 Å². The fourth-order valence-electron chi connectivity index (χ4n) is 2.11. The standard InChI is InChI=1S/C15H20FN7O2/c1-10(18-15(25)19-11(2)14(24)17-9-8-16)13-20-21-22-23(13)12-6-4-3-5-7-12/h3-7,10-11H,8-9H2,1-2H3,(H,17,24)(H2,18,19,25)/t10-,11-/m0/s1. The zero-order valence-corrected chi connectivity index (χ0v) is 13.9. The second kappa shape index (κ2) is 8.71. The number of aromatic nitrogens is 4. The van der Waals surface area contributed by atoms with Crippen LogP contribution in [0.3, 0.4) is 0 Å². The minimum atomic E-state index is -0.802. The van der Waals surface area contributed by atoms with E-state index in [1.54, 1.807) is 6.92 Å². The number of rotatable bonds is 7. The Balaban J connectivity index is 1.96. The van der Waals surface area contributed by atoms with Gasteiger partial charge < -0.3 is 16.0 Å². The first-order chi connectivity index (χ1) is 12.0. The molecule has 0 spiro atoms. The van der Waals surface area contributed by atoms with E-state index in [4.69, 9.17) is 0 Å². The summed E-state index contributed by atoms with van der Waals surface area (Å²) in [6.45, 7) is 2.48. The van der Waals surface area contributed by atoms with Crippen LogP contribution >= 0.6 is 0 Å². The summed E-state index contributed by atoms with van der Waals surface area (Å²) < 4.78 is 13.6. The van der Waals surface area contributed by atoms with Crippen molar-refractivity contribution in [1.29, 1.82) is 0 Å². The molecule has 1 aromatic carbocycles. The lowest BCUT2D eigenvalue weighted by atomic mass is 10.3. The van der Waals surface area contributed by atoms with Crippen molar-refractivity contribution in [3.63, 3.8) is 0 Å². The van der Waals surface area contributed by atoms with Gasteiger partial charge in [0, 0.05) is 6.54 Å². The largest absolute Gasteiger partial charge is 0.352 e. The van der Waals surface area contributed by atoms with Crippen molar-refractivity contribution >= 4 is 11.9 Å². The van der Waals surface area contributed by atoms with Crippen LogP contribution in [0.1, 0.15) is 25.7 Å². The van der Waals surface area contributed by atoms with Crippen LogP contribution in [0.5, 0.6) is 0 Å². The summed E-state index contributed by atoms with van der Waals surface area (Å²) in [6, 6.07) is 7.39. The smallest absolute Gasteiger partial charge is 0.316 e. The number of carbonyl (C=O) groups is 2. The van der Waals surface area contributed by atoms with Gasteiger partial charge in [-0.3, -0.25) is 4.79 Å². The Kier molecular flexibility index (Phi) is 6.38. The van der Waals surface area contributed by atoms with Crippen molar-refractivity contribution < 1.29 is 14.0 Å². The fraction of sp³-hybridized carbons (Fsp3) is 0.400. The van der Waals surface area contributed by atoms with Crippen molar-refractivity contribution in [3.8, 4) is 5.69 Å². The molecule has 0 aliphatic heterocycles. The Morgan fingerprint density at radius 3 is 2.60 bits per heavy atom. The van der Waals surface area contributed by atoms with E-state index in [1.807, 2.05) is 30.3 Å². The van der Waals surface area contributed by atoms with E-state index in [2.05, 4.69) is 31.5 Å². The van der Waals surface area contributed by atoms with Gasteiger partial charge in [-0.05, 0) is 36.4 Å². The van der Waals surface area contributed by atoms with Crippen molar-refractivity contribution in [3.05, 3.63) is 36.2 Å². The van der Waals surface area contributed by atoms with E-state index < -0.39 is 30.7 Å². The SMILES string of the molecule is C[C@H](NC(=O)N[C@@H](C)c1nnnn1-c1ccccc1)C(=O)NCCF. The molecule has 0 saturated heterocycles. The van der Waals surface area contributed by atoms with Crippen molar-refractivity contribution in [1.82, 2.24) is 36.2 Å². The molecule has 0 bridgehead atoms. The van der Waals surface area contributed by atoms with E-state index in [1.165, 1.54) is 11.6 Å². The van der Waals surface area contributed by atoms with Crippen molar-refractivity contribution in [2.75, 3.05) is 13.2 Å². The van der Waals surface area contributed by atoms with E-state index in [9.17, 15) is 14.0 Å². The van der Waals surface area contributed by atoms with Crippen LogP contribution in [0.25, 0.3) is 5.69 Å². The molecule has 2 aromatic rings. The second-order valence-corrected chi connectivity index (χ2v) is 5.33. The van der Waals surface area contributed by atoms with E-state index in [0.717, 1.165) is 5.69 Å². The van der Waals surface area contributed by atoms with Gasteiger partial charge in [-0.1, -0.05) is 18.2 Å². The molecule has 10 heteroatoms. The maximum atomic E-state index is 12.1. The summed E-state index contributed by atoms with van der Waals surface area (Å²) in [5.41, 5.74) is 0.760. The van der Waals surface area contributed by atoms with Crippen LogP contribution in [0, 0.1) is 0 Å². The molecule has 0 unspecified atom stereocenters. The first kappa shape index (κ1) is 18.3. The van der Waals surface area contributed by atoms with E-state index >= 15 is 0 Å². The number of carbonyl (C=O) groups excluding carboxylic acids is 2. The summed E-state index contributed by atoms with van der Waals surface area (Å²) >= 11 is 0. The molecular formula is C15H20FN7O2. The lowest BCUT2D eigenvalue weighted by molar-refractivity contribution is -0.122. The number of tetrazole rings is 1. The average Bonchev–Trinajstić information content (AvgIpc) is 3.10. The summed E-state index contributed by atoms with van der Waals surface area (Å²) in [4.78, 5) is 23.7. The summed E-state index contributed by atoms with van der Waals surface area (Å²) in [5.74, 6) is -0.0227. The topological polar surface area (TPSA) is 114 Å². The first-order valence-corrected chi connectivity index (χ1v) is 7.77. The molecule has 25 heavy (non-hydrogen) atoms. The Morgan fingerprint density at radius 2 is 1.92 bits per heavy atom. The van der Waals surface area contributed by atoms with Gasteiger partial charge >= 0.3 is 6.03 Å². The summed E-state index contributed by atoms with van der Waals surface area (Å²) in [7, 11) is 0. The summed E-state index contributed by atoms with van der Waals surface area (Å²) in [6.07, 6.45) is 0. The Labute approximate surface area is 144 Å². The molecule has 0 aliphatic rings. The van der Waals surface area contributed by atoms with Gasteiger partial charge in [0.1, 0.15) is 12.7 Å². The number of hydrogen-bond acceptors (Lipinski definition) is 5. The van der Waals surface area contributed by atoms with Gasteiger partial charge in [-0.25, -0.2) is 9.18 Å². The zero-order chi connectivity index (χ0) is 18.2. The highest BCUT2D eigenvalue weighted by Gasteiger charge is 2.20. The first-order valence-electron chi connectivity index (χ1n) is 7.77. The molecule has 2 rings (SSSR count). The Bertz CT molecular complexity index is 707. The van der Waals surface area contributed by atoms with E-state index in [-0.39, 0.29) is 6.54 Å². The molecular weight excluding hydrogens is 329 g/mol. The highest BCUT2D eigenvalue weighted by Crippen LogP contribution is 2.13. The quantitative estimate of drug-likeness (QED) is 0.673. The van der Waals surface area contributed by atoms with Crippen molar-refractivity contribution in [2.24, 2.45) is 0 Å². The van der Waals surface area contributed by atoms with E-state index in [0.29, 0.717) is 5.82 Å². The van der Waals surface area contributed by atoms with Gasteiger partial charge in [-0.15, -0.1) is 5.10 Å². The number of alkyl halides is 1. The van der Waals surface area contributed by atoms with Crippen LogP contribution in [-0.2, 0) is 4.79 Å². The number of urea groups is 1. The monoisotopic (exact) mass is 349 g/mol. The van der Waals surface area contributed by atoms with Crippen molar-refractivity contribution in [2.45, 2.75) is 25.9 Å². The van der Waals surface area contributed by atoms with Gasteiger partial charge in [0.2, 0.25) is 5.91 Å². The lowest BCUT2D eigenvalue weighted by Crippen LogP contribution is -2.49. The highest BCUT2D eigenvalue weighted by atomic mass is 19.1. The molecule has 2 atom stereocenters. The third-order valence-corrected chi connectivity index (χ3v) is 3.36. The van der Waals surface area contributed by atoms with Gasteiger partial charge in [0.15, 0.2) is 5.82 Å². The molecule has 0 fully saturated rings. The van der Waals surface area contributed by atoms with Gasteiger partial charge in [0.25, 0.3) is 0 Å². The molecule has 0 saturated carbocycles. The number of nitrogens with zero attached hydrogens (tertiary/aromatic N) is 4. The molecule has 1 heterocycles. The number of halogens is 1. The Morgan fingerprint density at radius 1 is 1.20 bits per heavy atom. The normalized spacial score (nSPS) is 12.9. The molecule has 9 nitrogen and oxygen atoms in total.